The fourth-order valence-corrected chi connectivity index (χ4v) is 2.67. The van der Waals surface area contributed by atoms with E-state index in [1.54, 1.807) is 18.3 Å². The quantitative estimate of drug-likeness (QED) is 0.751. The van der Waals surface area contributed by atoms with Gasteiger partial charge in [0, 0.05) is 38.4 Å². The number of hydrogen-bond donors (Lipinski definition) is 1. The van der Waals surface area contributed by atoms with E-state index >= 15 is 0 Å². The highest BCUT2D eigenvalue weighted by atomic mass is 16.2. The van der Waals surface area contributed by atoms with E-state index in [4.69, 9.17) is 5.73 Å². The van der Waals surface area contributed by atoms with Crippen LogP contribution in [0, 0.1) is 0 Å². The molecule has 0 radical (unpaired) electrons. The van der Waals surface area contributed by atoms with E-state index in [1.807, 2.05) is 4.90 Å². The van der Waals surface area contributed by atoms with Crippen molar-refractivity contribution in [1.82, 2.24) is 14.8 Å². The Hall–Kier alpha value is -1.62. The molecule has 2 atom stereocenters. The Balaban J connectivity index is 1.79. The van der Waals surface area contributed by atoms with Gasteiger partial charge < -0.3 is 10.6 Å². The fourth-order valence-electron chi connectivity index (χ4n) is 2.67. The number of nitrogens with two attached hydrogens (primary N) is 1. The van der Waals surface area contributed by atoms with Crippen molar-refractivity contribution < 1.29 is 4.79 Å². The summed E-state index contributed by atoms with van der Waals surface area (Å²) in [6.45, 7) is 3.96. The minimum absolute atomic E-state index is 0.0871. The molecule has 90 valence electrons. The van der Waals surface area contributed by atoms with E-state index in [0.29, 0.717) is 17.4 Å². The molecule has 1 aromatic rings. The van der Waals surface area contributed by atoms with Crippen molar-refractivity contribution >= 4 is 11.7 Å². The van der Waals surface area contributed by atoms with Gasteiger partial charge in [0.05, 0.1) is 5.56 Å². The molecule has 3 rings (SSSR count). The molecule has 2 fully saturated rings. The van der Waals surface area contributed by atoms with Crippen LogP contribution < -0.4 is 5.73 Å². The van der Waals surface area contributed by atoms with Gasteiger partial charge in [-0.25, -0.2) is 4.98 Å². The number of amides is 1. The van der Waals surface area contributed by atoms with Crippen molar-refractivity contribution in [1.29, 1.82) is 0 Å². The Labute approximate surface area is 100 Å². The first-order valence-corrected chi connectivity index (χ1v) is 5.99. The molecule has 3 heterocycles. The average Bonchev–Trinajstić information content (AvgIpc) is 2.72. The summed E-state index contributed by atoms with van der Waals surface area (Å²) >= 11 is 0. The van der Waals surface area contributed by atoms with Gasteiger partial charge in [-0.2, -0.15) is 0 Å². The average molecular weight is 232 g/mol. The molecule has 0 aromatic carbocycles. The highest BCUT2D eigenvalue weighted by Crippen LogP contribution is 2.22. The first-order valence-electron chi connectivity index (χ1n) is 5.99. The summed E-state index contributed by atoms with van der Waals surface area (Å²) in [6.07, 6.45) is 2.66. The minimum Gasteiger partial charge on any atom is -0.384 e. The maximum Gasteiger partial charge on any atom is 0.255 e. The maximum atomic E-state index is 12.3. The molecule has 2 aliphatic rings. The van der Waals surface area contributed by atoms with Crippen molar-refractivity contribution in [2.75, 3.05) is 31.9 Å². The van der Waals surface area contributed by atoms with Crippen LogP contribution in [0.5, 0.6) is 0 Å². The first kappa shape index (κ1) is 10.5. The van der Waals surface area contributed by atoms with Gasteiger partial charge in [-0.3, -0.25) is 9.69 Å². The molecule has 2 unspecified atom stereocenters. The lowest BCUT2D eigenvalue weighted by Crippen LogP contribution is -2.49. The Kier molecular flexibility index (Phi) is 2.48. The Morgan fingerprint density at radius 1 is 1.35 bits per heavy atom. The summed E-state index contributed by atoms with van der Waals surface area (Å²) in [5, 5.41) is 0. The summed E-state index contributed by atoms with van der Waals surface area (Å²) in [5.74, 6) is 0.538. The summed E-state index contributed by atoms with van der Waals surface area (Å²) < 4.78 is 0. The molecule has 0 saturated carbocycles. The molecule has 2 saturated heterocycles. The van der Waals surface area contributed by atoms with Crippen LogP contribution in [0.15, 0.2) is 18.3 Å². The van der Waals surface area contributed by atoms with Gasteiger partial charge in [-0.15, -0.1) is 0 Å². The molecular formula is C12H16N4O. The number of rotatable bonds is 1. The van der Waals surface area contributed by atoms with Crippen LogP contribution in [0.3, 0.4) is 0 Å². The second kappa shape index (κ2) is 4.00. The van der Waals surface area contributed by atoms with Crippen LogP contribution >= 0.6 is 0 Å². The van der Waals surface area contributed by atoms with Crippen molar-refractivity contribution in [3.8, 4) is 0 Å². The summed E-state index contributed by atoms with van der Waals surface area (Å²) in [5.41, 5.74) is 6.16. The molecule has 5 nitrogen and oxygen atoms in total. The molecular weight excluding hydrogens is 216 g/mol. The number of aromatic nitrogens is 1. The molecule has 2 N–H and O–H groups in total. The van der Waals surface area contributed by atoms with Crippen LogP contribution in [-0.4, -0.2) is 52.9 Å². The monoisotopic (exact) mass is 232 g/mol. The first-order chi connectivity index (χ1) is 8.24. The molecule has 1 aromatic heterocycles. The lowest BCUT2D eigenvalue weighted by atomic mass is 10.1. The van der Waals surface area contributed by atoms with Crippen LogP contribution in [0.4, 0.5) is 5.82 Å². The topological polar surface area (TPSA) is 62.5 Å². The van der Waals surface area contributed by atoms with Gasteiger partial charge in [0.25, 0.3) is 5.91 Å². The highest BCUT2D eigenvalue weighted by Gasteiger charge is 2.35. The van der Waals surface area contributed by atoms with E-state index in [2.05, 4.69) is 9.88 Å². The van der Waals surface area contributed by atoms with Gasteiger partial charge in [0.2, 0.25) is 0 Å². The number of carbonyl (C=O) groups excluding carboxylic acids is 1. The predicted octanol–water partition coefficient (Wildman–Crippen LogP) is 0.194. The Morgan fingerprint density at radius 2 is 2.24 bits per heavy atom. The molecule has 17 heavy (non-hydrogen) atoms. The molecule has 2 bridgehead atoms. The molecule has 0 spiro atoms. The lowest BCUT2D eigenvalue weighted by Gasteiger charge is -2.34. The van der Waals surface area contributed by atoms with Crippen molar-refractivity contribution in [2.24, 2.45) is 0 Å². The van der Waals surface area contributed by atoms with Gasteiger partial charge in [0.15, 0.2) is 0 Å². The molecule has 2 aliphatic heterocycles. The summed E-state index contributed by atoms with van der Waals surface area (Å²) in [4.78, 5) is 20.7. The number of carbonyl (C=O) groups is 1. The van der Waals surface area contributed by atoms with Gasteiger partial charge in [-0.1, -0.05) is 0 Å². The standard InChI is InChI=1S/C12H16N4O/c13-11-2-1-9(7-14-11)12(17)16-6-5-15-4-3-10(16)8-15/h1-2,7,10H,3-6,8H2,(H2,13,14). The fraction of sp³-hybridized carbons (Fsp3) is 0.500. The number of piperazine rings is 1. The van der Waals surface area contributed by atoms with E-state index in [0.717, 1.165) is 32.6 Å². The number of nitrogens with zero attached hydrogens (tertiary/aromatic N) is 3. The minimum atomic E-state index is 0.0871. The zero-order valence-electron chi connectivity index (χ0n) is 9.67. The van der Waals surface area contributed by atoms with Crippen molar-refractivity contribution in [2.45, 2.75) is 12.5 Å². The zero-order chi connectivity index (χ0) is 11.8. The zero-order valence-corrected chi connectivity index (χ0v) is 9.67. The molecule has 1 amide bonds. The Morgan fingerprint density at radius 3 is 3.00 bits per heavy atom. The molecule has 5 heteroatoms. The number of fused-ring (bicyclic) bond motifs is 2. The Bertz CT molecular complexity index is 431. The van der Waals surface area contributed by atoms with Gasteiger partial charge in [0.1, 0.15) is 5.82 Å². The largest absolute Gasteiger partial charge is 0.384 e. The third-order valence-electron chi connectivity index (χ3n) is 3.64. The summed E-state index contributed by atoms with van der Waals surface area (Å²) in [7, 11) is 0. The SMILES string of the molecule is Nc1ccc(C(=O)N2CCN3CCC2C3)cn1. The highest BCUT2D eigenvalue weighted by molar-refractivity contribution is 5.94. The van der Waals surface area contributed by atoms with Gasteiger partial charge >= 0.3 is 0 Å². The smallest absolute Gasteiger partial charge is 0.255 e. The van der Waals surface area contributed by atoms with E-state index in [9.17, 15) is 4.79 Å². The van der Waals surface area contributed by atoms with Gasteiger partial charge in [-0.05, 0) is 18.6 Å². The third-order valence-corrected chi connectivity index (χ3v) is 3.64. The maximum absolute atomic E-state index is 12.3. The number of hydrogen-bond acceptors (Lipinski definition) is 4. The lowest BCUT2D eigenvalue weighted by molar-refractivity contribution is 0.0609. The van der Waals surface area contributed by atoms with Crippen LogP contribution in [-0.2, 0) is 0 Å². The van der Waals surface area contributed by atoms with Crippen molar-refractivity contribution in [3.05, 3.63) is 23.9 Å². The number of pyridine rings is 1. The second-order valence-corrected chi connectivity index (χ2v) is 4.71. The van der Waals surface area contributed by atoms with Crippen LogP contribution in [0.1, 0.15) is 16.8 Å². The number of anilines is 1. The predicted molar refractivity (Wildman–Crippen MR) is 64.5 cm³/mol. The molecule has 0 aliphatic carbocycles. The third kappa shape index (κ3) is 1.86. The number of nitrogen functional groups attached to an aromatic ring is 1. The van der Waals surface area contributed by atoms with E-state index in [1.165, 1.54) is 0 Å². The van der Waals surface area contributed by atoms with E-state index in [-0.39, 0.29) is 5.91 Å². The van der Waals surface area contributed by atoms with Crippen molar-refractivity contribution in [3.63, 3.8) is 0 Å². The van der Waals surface area contributed by atoms with Crippen LogP contribution in [0.25, 0.3) is 0 Å². The second-order valence-electron chi connectivity index (χ2n) is 4.71. The van der Waals surface area contributed by atoms with Crippen LogP contribution in [0.2, 0.25) is 0 Å². The normalized spacial score (nSPS) is 27.2. The summed E-state index contributed by atoms with van der Waals surface area (Å²) in [6, 6.07) is 3.82. The van der Waals surface area contributed by atoms with E-state index < -0.39 is 0 Å².